The van der Waals surface area contributed by atoms with Crippen molar-refractivity contribution in [3.05, 3.63) is 35.4 Å². The van der Waals surface area contributed by atoms with Crippen molar-refractivity contribution >= 4 is 0 Å². The molecule has 0 atom stereocenters. The summed E-state index contributed by atoms with van der Waals surface area (Å²) in [6.07, 6.45) is -3.88. The van der Waals surface area contributed by atoms with Gasteiger partial charge in [0, 0.05) is 17.5 Å². The van der Waals surface area contributed by atoms with E-state index in [0.717, 1.165) is 30.5 Å². The zero-order valence-corrected chi connectivity index (χ0v) is 9.40. The van der Waals surface area contributed by atoms with Crippen molar-refractivity contribution in [3.8, 4) is 0 Å². The molecular weight excluding hydrogens is 253 g/mol. The predicted octanol–water partition coefficient (Wildman–Crippen LogP) is 3.33. The Morgan fingerprint density at radius 1 is 1.00 bits per heavy atom. The molecule has 0 saturated heterocycles. The Labute approximate surface area is 101 Å². The maximum atomic E-state index is 13.0. The summed E-state index contributed by atoms with van der Waals surface area (Å²) in [6, 6.07) is 4.29. The normalized spacial score (nSPS) is 18.8. The van der Waals surface area contributed by atoms with Gasteiger partial charge in [-0.25, -0.2) is 0 Å². The van der Waals surface area contributed by atoms with Crippen molar-refractivity contribution in [1.29, 1.82) is 0 Å². The van der Waals surface area contributed by atoms with Crippen LogP contribution in [0.5, 0.6) is 0 Å². The van der Waals surface area contributed by atoms with Crippen molar-refractivity contribution < 1.29 is 22.0 Å². The van der Waals surface area contributed by atoms with E-state index in [4.69, 9.17) is 5.73 Å². The average Bonchev–Trinajstić information content (AvgIpc) is 3.08. The Morgan fingerprint density at radius 2 is 1.50 bits per heavy atom. The Morgan fingerprint density at radius 3 is 1.83 bits per heavy atom. The van der Waals surface area contributed by atoms with Crippen LogP contribution in [0.3, 0.4) is 0 Å². The monoisotopic (exact) mass is 265 g/mol. The maximum Gasteiger partial charge on any atom is 0.458 e. The number of halogens is 5. The molecular formula is C12H12F5N. The quantitative estimate of drug-likeness (QED) is 0.833. The summed E-state index contributed by atoms with van der Waals surface area (Å²) in [7, 11) is 0. The molecule has 1 aliphatic rings. The van der Waals surface area contributed by atoms with Crippen molar-refractivity contribution in [2.45, 2.75) is 30.4 Å². The highest BCUT2D eigenvalue weighted by molar-refractivity contribution is 5.35. The molecule has 1 nitrogen and oxygen atoms in total. The minimum absolute atomic E-state index is 0.216. The van der Waals surface area contributed by atoms with Gasteiger partial charge in [0.25, 0.3) is 0 Å². The minimum atomic E-state index is -5.57. The molecule has 0 unspecified atom stereocenters. The zero-order chi connectivity index (χ0) is 13.6. The summed E-state index contributed by atoms with van der Waals surface area (Å²) < 4.78 is 62.6. The van der Waals surface area contributed by atoms with Crippen molar-refractivity contribution in [2.24, 2.45) is 5.73 Å². The van der Waals surface area contributed by atoms with Gasteiger partial charge in [0.05, 0.1) is 0 Å². The van der Waals surface area contributed by atoms with E-state index >= 15 is 0 Å². The standard InChI is InChI=1S/C12H12F5N/c13-11(14,12(15,16)17)9-3-1-8(2-4-9)10(7-18)5-6-10/h1-4H,5-7,18H2. The van der Waals surface area contributed by atoms with E-state index in [2.05, 4.69) is 0 Å². The molecule has 100 valence electrons. The fraction of sp³-hybridized carbons (Fsp3) is 0.500. The van der Waals surface area contributed by atoms with Gasteiger partial charge in [-0.1, -0.05) is 24.3 Å². The topological polar surface area (TPSA) is 26.0 Å². The summed E-state index contributed by atoms with van der Waals surface area (Å²) in [6.45, 7) is 0.377. The molecule has 0 aliphatic heterocycles. The smallest absolute Gasteiger partial charge is 0.330 e. The van der Waals surface area contributed by atoms with Crippen LogP contribution >= 0.6 is 0 Å². The summed E-state index contributed by atoms with van der Waals surface area (Å²) in [4.78, 5) is 0. The molecule has 1 saturated carbocycles. The lowest BCUT2D eigenvalue weighted by Crippen LogP contribution is -2.33. The van der Waals surface area contributed by atoms with Gasteiger partial charge in [-0.3, -0.25) is 0 Å². The number of rotatable bonds is 3. The van der Waals surface area contributed by atoms with Gasteiger partial charge in [0.15, 0.2) is 0 Å². The molecule has 1 aliphatic carbocycles. The predicted molar refractivity (Wildman–Crippen MR) is 56.4 cm³/mol. The minimum Gasteiger partial charge on any atom is -0.330 e. The highest BCUT2D eigenvalue weighted by Gasteiger charge is 2.58. The summed E-state index contributed by atoms with van der Waals surface area (Å²) >= 11 is 0. The number of hydrogen-bond acceptors (Lipinski definition) is 1. The third-order valence-corrected chi connectivity index (χ3v) is 3.46. The van der Waals surface area contributed by atoms with Gasteiger partial charge >= 0.3 is 12.1 Å². The molecule has 0 heterocycles. The molecule has 1 aromatic rings. The molecule has 18 heavy (non-hydrogen) atoms. The summed E-state index contributed by atoms with van der Waals surface area (Å²) in [5, 5.41) is 0. The van der Waals surface area contributed by atoms with Gasteiger partial charge in [0.2, 0.25) is 0 Å². The molecule has 2 N–H and O–H groups in total. The second kappa shape index (κ2) is 3.91. The van der Waals surface area contributed by atoms with E-state index in [9.17, 15) is 22.0 Å². The number of alkyl halides is 5. The van der Waals surface area contributed by atoms with Crippen molar-refractivity contribution in [1.82, 2.24) is 0 Å². The molecule has 0 bridgehead atoms. The molecule has 2 rings (SSSR count). The van der Waals surface area contributed by atoms with Crippen LogP contribution in [0.4, 0.5) is 22.0 Å². The molecule has 0 radical (unpaired) electrons. The molecule has 0 aromatic heterocycles. The highest BCUT2D eigenvalue weighted by atomic mass is 19.4. The van der Waals surface area contributed by atoms with Crippen LogP contribution in [0, 0.1) is 0 Å². The van der Waals surface area contributed by atoms with E-state index in [-0.39, 0.29) is 5.41 Å². The third-order valence-electron chi connectivity index (χ3n) is 3.46. The second-order valence-electron chi connectivity index (χ2n) is 4.63. The first kappa shape index (κ1) is 13.3. The van der Waals surface area contributed by atoms with Crippen LogP contribution in [0.2, 0.25) is 0 Å². The highest BCUT2D eigenvalue weighted by Crippen LogP contribution is 2.48. The van der Waals surface area contributed by atoms with Gasteiger partial charge in [0.1, 0.15) is 0 Å². The molecule has 6 heteroatoms. The molecule has 0 spiro atoms. The Bertz CT molecular complexity index is 431. The number of benzene rings is 1. The van der Waals surface area contributed by atoms with Crippen LogP contribution in [-0.2, 0) is 11.3 Å². The first-order valence-electron chi connectivity index (χ1n) is 5.49. The lowest BCUT2D eigenvalue weighted by Gasteiger charge is -2.21. The van der Waals surface area contributed by atoms with E-state index in [1.54, 1.807) is 0 Å². The summed E-state index contributed by atoms with van der Waals surface area (Å²) in [5.41, 5.74) is 5.04. The van der Waals surface area contributed by atoms with Crippen LogP contribution in [0.25, 0.3) is 0 Å². The average molecular weight is 265 g/mol. The lowest BCUT2D eigenvalue weighted by molar-refractivity contribution is -0.289. The first-order valence-corrected chi connectivity index (χ1v) is 5.49. The van der Waals surface area contributed by atoms with Gasteiger partial charge in [-0.05, 0) is 18.4 Å². The summed E-state index contributed by atoms with van der Waals surface area (Å²) in [5.74, 6) is -4.81. The fourth-order valence-corrected chi connectivity index (χ4v) is 1.96. The van der Waals surface area contributed by atoms with Crippen LogP contribution in [0.15, 0.2) is 24.3 Å². The van der Waals surface area contributed by atoms with Gasteiger partial charge in [-0.15, -0.1) is 0 Å². The number of hydrogen-bond donors (Lipinski definition) is 1. The second-order valence-corrected chi connectivity index (χ2v) is 4.63. The zero-order valence-electron chi connectivity index (χ0n) is 9.40. The van der Waals surface area contributed by atoms with Gasteiger partial charge < -0.3 is 5.73 Å². The first-order chi connectivity index (χ1) is 8.23. The third kappa shape index (κ3) is 1.98. The van der Waals surface area contributed by atoms with E-state index in [1.165, 1.54) is 12.1 Å². The lowest BCUT2D eigenvalue weighted by atomic mass is 9.94. The van der Waals surface area contributed by atoms with Crippen molar-refractivity contribution in [3.63, 3.8) is 0 Å². The maximum absolute atomic E-state index is 13.0. The van der Waals surface area contributed by atoms with E-state index < -0.39 is 17.7 Å². The van der Waals surface area contributed by atoms with Crippen molar-refractivity contribution in [2.75, 3.05) is 6.54 Å². The SMILES string of the molecule is NCC1(c2ccc(C(F)(F)C(F)(F)F)cc2)CC1. The molecule has 1 fully saturated rings. The molecule has 1 aromatic carbocycles. The van der Waals surface area contributed by atoms with Crippen LogP contribution in [0.1, 0.15) is 24.0 Å². The largest absolute Gasteiger partial charge is 0.458 e. The van der Waals surface area contributed by atoms with E-state index in [1.807, 2.05) is 0 Å². The Hall–Kier alpha value is -1.17. The van der Waals surface area contributed by atoms with E-state index in [0.29, 0.717) is 6.54 Å². The fourth-order valence-electron chi connectivity index (χ4n) is 1.96. The molecule has 0 amide bonds. The van der Waals surface area contributed by atoms with Gasteiger partial charge in [-0.2, -0.15) is 22.0 Å². The number of nitrogens with two attached hydrogens (primary N) is 1. The van der Waals surface area contributed by atoms with Crippen LogP contribution in [-0.4, -0.2) is 12.7 Å². The Balaban J connectivity index is 2.28. The Kier molecular flexibility index (Phi) is 2.88. The van der Waals surface area contributed by atoms with Crippen LogP contribution < -0.4 is 5.73 Å².